The van der Waals surface area contributed by atoms with Crippen molar-refractivity contribution >= 4 is 11.9 Å². The molecule has 6 heteroatoms. The smallest absolute Gasteiger partial charge is 0.352 e. The van der Waals surface area contributed by atoms with Crippen LogP contribution in [0.5, 0.6) is 0 Å². The summed E-state index contributed by atoms with van der Waals surface area (Å²) in [6, 6.07) is -0.0329. The number of amides is 1. The highest BCUT2D eigenvalue weighted by Gasteiger charge is 2.22. The zero-order valence-electron chi connectivity index (χ0n) is 11.7. The number of aromatic amines is 1. The lowest BCUT2D eigenvalue weighted by molar-refractivity contribution is 0.0690. The van der Waals surface area contributed by atoms with Crippen molar-refractivity contribution in [1.29, 1.82) is 0 Å². The molecule has 1 aromatic rings. The van der Waals surface area contributed by atoms with Gasteiger partial charge in [0.2, 0.25) is 0 Å². The van der Waals surface area contributed by atoms with Gasteiger partial charge in [0.25, 0.3) is 5.91 Å². The van der Waals surface area contributed by atoms with Crippen molar-refractivity contribution in [3.8, 4) is 0 Å². The van der Waals surface area contributed by atoms with Gasteiger partial charge in [0.05, 0.1) is 5.56 Å². The first-order valence-electron chi connectivity index (χ1n) is 6.10. The summed E-state index contributed by atoms with van der Waals surface area (Å²) in [6.45, 7) is 5.76. The third-order valence-electron chi connectivity index (χ3n) is 3.01. The summed E-state index contributed by atoms with van der Waals surface area (Å²) in [4.78, 5) is 25.8. The molecule has 1 atom stereocenters. The summed E-state index contributed by atoms with van der Waals surface area (Å²) in [5, 5.41) is 11.8. The van der Waals surface area contributed by atoms with E-state index >= 15 is 0 Å². The molecule has 0 aliphatic heterocycles. The Labute approximate surface area is 112 Å². The van der Waals surface area contributed by atoms with Crippen LogP contribution in [0.1, 0.15) is 45.4 Å². The predicted octanol–water partition coefficient (Wildman–Crippen LogP) is 1.48. The van der Waals surface area contributed by atoms with E-state index in [-0.39, 0.29) is 17.6 Å². The molecular weight excluding hydrogens is 248 g/mol. The maximum absolute atomic E-state index is 12.1. The Balaban J connectivity index is 2.85. The number of carboxylic acids is 1. The zero-order chi connectivity index (χ0) is 14.6. The molecule has 1 unspecified atom stereocenters. The molecule has 0 radical (unpaired) electrons. The topological polar surface area (TPSA) is 91.4 Å². The van der Waals surface area contributed by atoms with Gasteiger partial charge in [-0.05, 0) is 32.8 Å². The van der Waals surface area contributed by atoms with Crippen molar-refractivity contribution in [2.24, 2.45) is 0 Å². The maximum Gasteiger partial charge on any atom is 0.352 e. The van der Waals surface area contributed by atoms with Crippen molar-refractivity contribution < 1.29 is 19.4 Å². The van der Waals surface area contributed by atoms with Gasteiger partial charge in [-0.2, -0.15) is 0 Å². The summed E-state index contributed by atoms with van der Waals surface area (Å²) < 4.78 is 4.95. The van der Waals surface area contributed by atoms with E-state index in [1.54, 1.807) is 21.0 Å². The van der Waals surface area contributed by atoms with Crippen LogP contribution in [0.3, 0.4) is 0 Å². The van der Waals surface area contributed by atoms with Crippen molar-refractivity contribution in [3.63, 3.8) is 0 Å². The summed E-state index contributed by atoms with van der Waals surface area (Å²) in [6.07, 6.45) is 0.705. The number of aromatic carboxylic acids is 1. The van der Waals surface area contributed by atoms with Gasteiger partial charge in [-0.3, -0.25) is 4.79 Å². The Bertz CT molecular complexity index is 479. The third-order valence-corrected chi connectivity index (χ3v) is 3.01. The fourth-order valence-electron chi connectivity index (χ4n) is 1.97. The Hall–Kier alpha value is -1.82. The van der Waals surface area contributed by atoms with Crippen LogP contribution in [0.25, 0.3) is 0 Å². The number of nitrogens with one attached hydrogen (secondary N) is 2. The van der Waals surface area contributed by atoms with E-state index in [2.05, 4.69) is 10.3 Å². The van der Waals surface area contributed by atoms with E-state index in [0.717, 1.165) is 0 Å². The highest BCUT2D eigenvalue weighted by Crippen LogP contribution is 2.18. The molecule has 1 amide bonds. The molecule has 6 nitrogen and oxygen atoms in total. The van der Waals surface area contributed by atoms with E-state index in [0.29, 0.717) is 29.8 Å². The SMILES string of the molecule is COCCC(C)NC(=O)c1c(C)[nH]c(C(=O)O)c1C. The highest BCUT2D eigenvalue weighted by atomic mass is 16.5. The number of hydrogen-bond donors (Lipinski definition) is 3. The lowest BCUT2D eigenvalue weighted by Crippen LogP contribution is -2.33. The molecule has 1 rings (SSSR count). The number of H-pyrrole nitrogens is 1. The Morgan fingerprint density at radius 1 is 1.42 bits per heavy atom. The standard InChI is InChI=1S/C13H20N2O4/c1-7(5-6-19-4)14-12(16)10-8(2)11(13(17)18)15-9(10)3/h7,15H,5-6H2,1-4H3,(H,14,16)(H,17,18). The van der Waals surface area contributed by atoms with Crippen molar-refractivity contribution in [2.45, 2.75) is 33.2 Å². The molecule has 0 spiro atoms. The number of aryl methyl sites for hydroxylation is 1. The molecule has 0 aliphatic carbocycles. The second kappa shape index (κ2) is 6.38. The minimum absolute atomic E-state index is 0.0329. The van der Waals surface area contributed by atoms with Crippen LogP contribution >= 0.6 is 0 Å². The van der Waals surface area contributed by atoms with Crippen molar-refractivity contribution in [1.82, 2.24) is 10.3 Å². The number of aromatic nitrogens is 1. The monoisotopic (exact) mass is 268 g/mol. The van der Waals surface area contributed by atoms with E-state index < -0.39 is 5.97 Å². The van der Waals surface area contributed by atoms with Crippen LogP contribution in [0, 0.1) is 13.8 Å². The van der Waals surface area contributed by atoms with Crippen molar-refractivity contribution in [2.75, 3.05) is 13.7 Å². The highest BCUT2D eigenvalue weighted by molar-refractivity contribution is 6.00. The van der Waals surface area contributed by atoms with Gasteiger partial charge < -0.3 is 20.1 Å². The number of ether oxygens (including phenoxy) is 1. The molecule has 0 aliphatic rings. The fourth-order valence-corrected chi connectivity index (χ4v) is 1.97. The van der Waals surface area contributed by atoms with Gasteiger partial charge >= 0.3 is 5.97 Å². The van der Waals surface area contributed by atoms with Gasteiger partial charge in [-0.15, -0.1) is 0 Å². The second-order valence-corrected chi connectivity index (χ2v) is 4.59. The van der Waals surface area contributed by atoms with Gasteiger partial charge in [-0.25, -0.2) is 4.79 Å². The molecule has 0 bridgehead atoms. The normalized spacial score (nSPS) is 12.2. The van der Waals surface area contributed by atoms with Gasteiger partial charge in [0.15, 0.2) is 0 Å². The quantitative estimate of drug-likeness (QED) is 0.728. The number of carbonyl (C=O) groups excluding carboxylic acids is 1. The first-order valence-corrected chi connectivity index (χ1v) is 6.10. The third kappa shape index (κ3) is 3.57. The summed E-state index contributed by atoms with van der Waals surface area (Å²) in [5.41, 5.74) is 1.49. The molecule has 106 valence electrons. The molecular formula is C13H20N2O4. The van der Waals surface area contributed by atoms with E-state index in [9.17, 15) is 9.59 Å². The van der Waals surface area contributed by atoms with Crippen LogP contribution in [0.4, 0.5) is 0 Å². The van der Waals surface area contributed by atoms with E-state index in [1.165, 1.54) is 0 Å². The molecule has 3 N–H and O–H groups in total. The van der Waals surface area contributed by atoms with Crippen LogP contribution in [-0.2, 0) is 4.74 Å². The number of hydrogen-bond acceptors (Lipinski definition) is 3. The molecule has 1 aromatic heterocycles. The van der Waals surface area contributed by atoms with Crippen molar-refractivity contribution in [3.05, 3.63) is 22.5 Å². The largest absolute Gasteiger partial charge is 0.477 e. The first kappa shape index (κ1) is 15.2. The van der Waals surface area contributed by atoms with E-state index in [4.69, 9.17) is 9.84 Å². The predicted molar refractivity (Wildman–Crippen MR) is 70.6 cm³/mol. The van der Waals surface area contributed by atoms with Gasteiger partial charge in [0.1, 0.15) is 5.69 Å². The lowest BCUT2D eigenvalue weighted by Gasteiger charge is -2.13. The average molecular weight is 268 g/mol. The Kier molecular flexibility index (Phi) is 5.11. The molecule has 1 heterocycles. The second-order valence-electron chi connectivity index (χ2n) is 4.59. The van der Waals surface area contributed by atoms with Crippen LogP contribution in [-0.4, -0.2) is 41.7 Å². The molecule has 0 saturated heterocycles. The summed E-state index contributed by atoms with van der Waals surface area (Å²) in [7, 11) is 1.61. The Morgan fingerprint density at radius 3 is 2.53 bits per heavy atom. The minimum atomic E-state index is -1.06. The maximum atomic E-state index is 12.1. The van der Waals surface area contributed by atoms with E-state index in [1.807, 2.05) is 6.92 Å². The average Bonchev–Trinajstić information content (AvgIpc) is 2.62. The molecule has 0 aromatic carbocycles. The lowest BCUT2D eigenvalue weighted by atomic mass is 10.1. The molecule has 19 heavy (non-hydrogen) atoms. The number of carbonyl (C=O) groups is 2. The molecule has 0 fully saturated rings. The number of carboxylic acid groups (broad SMARTS) is 1. The number of rotatable bonds is 6. The van der Waals surface area contributed by atoms with Crippen LogP contribution in [0.2, 0.25) is 0 Å². The Morgan fingerprint density at radius 2 is 2.05 bits per heavy atom. The van der Waals surface area contributed by atoms with Gasteiger partial charge in [0, 0.05) is 25.5 Å². The fraction of sp³-hybridized carbons (Fsp3) is 0.538. The van der Waals surface area contributed by atoms with Gasteiger partial charge in [-0.1, -0.05) is 0 Å². The minimum Gasteiger partial charge on any atom is -0.477 e. The summed E-state index contributed by atoms with van der Waals surface area (Å²) in [5.74, 6) is -1.32. The van der Waals surface area contributed by atoms with Crippen LogP contribution in [0.15, 0.2) is 0 Å². The first-order chi connectivity index (χ1) is 8.88. The summed E-state index contributed by atoms with van der Waals surface area (Å²) >= 11 is 0. The number of methoxy groups -OCH3 is 1. The zero-order valence-corrected chi connectivity index (χ0v) is 11.7. The van der Waals surface area contributed by atoms with Crippen LogP contribution < -0.4 is 5.32 Å². The molecule has 0 saturated carbocycles.